The van der Waals surface area contributed by atoms with Crippen LogP contribution in [0.5, 0.6) is 0 Å². The van der Waals surface area contributed by atoms with Gasteiger partial charge >= 0.3 is 6.18 Å². The molecular weight excluding hydrogens is 313 g/mol. The summed E-state index contributed by atoms with van der Waals surface area (Å²) in [5.41, 5.74) is -0.191. The number of hydrogen-bond donors (Lipinski definition) is 0. The third-order valence-electron chi connectivity index (χ3n) is 2.71. The lowest BCUT2D eigenvalue weighted by Gasteiger charge is -2.17. The van der Waals surface area contributed by atoms with E-state index in [0.717, 1.165) is 6.07 Å². The topological polar surface area (TPSA) is 21.8 Å². The summed E-state index contributed by atoms with van der Waals surface area (Å²) in [6, 6.07) is 4.05. The molecule has 2 nitrogen and oxygen atoms in total. The number of alkyl halides is 3. The number of ether oxygens (including phenoxy) is 2. The first-order valence-electron chi connectivity index (χ1n) is 5.48. The zero-order valence-corrected chi connectivity index (χ0v) is 11.2. The maximum Gasteiger partial charge on any atom is 0.417 e. The van der Waals surface area contributed by atoms with Crippen LogP contribution < -0.4 is 0 Å². The Morgan fingerprint density at radius 3 is 2.72 bits per heavy atom. The van der Waals surface area contributed by atoms with Crippen LogP contribution in [0.2, 0.25) is 0 Å². The molecule has 18 heavy (non-hydrogen) atoms. The highest BCUT2D eigenvalue weighted by Gasteiger charge is 2.34. The van der Waals surface area contributed by atoms with Crippen LogP contribution in [-0.2, 0) is 15.7 Å². The normalized spacial score (nSPS) is 20.8. The molecule has 1 aliphatic heterocycles. The van der Waals surface area contributed by atoms with Crippen LogP contribution in [0.3, 0.4) is 0 Å². The van der Waals surface area contributed by atoms with E-state index in [0.29, 0.717) is 18.8 Å². The van der Waals surface area contributed by atoms with Gasteiger partial charge < -0.3 is 9.47 Å². The van der Waals surface area contributed by atoms with Crippen LogP contribution in [0.4, 0.5) is 13.2 Å². The van der Waals surface area contributed by atoms with Crippen molar-refractivity contribution in [1.82, 2.24) is 0 Å². The molecule has 1 aliphatic rings. The molecule has 1 aromatic carbocycles. The van der Waals surface area contributed by atoms with Crippen molar-refractivity contribution in [3.8, 4) is 0 Å². The van der Waals surface area contributed by atoms with Crippen molar-refractivity contribution in [3.63, 3.8) is 0 Å². The predicted octanol–water partition coefficient (Wildman–Crippen LogP) is 3.94. The van der Waals surface area contributed by atoms with Gasteiger partial charge in [-0.05, 0) is 34.5 Å². The first-order chi connectivity index (χ1) is 8.39. The van der Waals surface area contributed by atoms with Crippen molar-refractivity contribution in [3.05, 3.63) is 33.8 Å². The molecule has 0 spiro atoms. The minimum atomic E-state index is -4.37. The second-order valence-electron chi connectivity index (χ2n) is 4.14. The fourth-order valence-corrected chi connectivity index (χ4v) is 2.40. The van der Waals surface area contributed by atoms with E-state index in [4.69, 9.17) is 9.47 Å². The fraction of sp³-hybridized carbons (Fsp3) is 0.500. The Morgan fingerprint density at radius 2 is 2.17 bits per heavy atom. The van der Waals surface area contributed by atoms with Crippen LogP contribution in [0.15, 0.2) is 22.7 Å². The van der Waals surface area contributed by atoms with Crippen molar-refractivity contribution in [2.24, 2.45) is 0 Å². The standard InChI is InChI=1S/C12H12BrF3O2/c1-7(17-5-8-6-18-8)9-3-2-4-10(11(9)13)12(14,15)16/h2-4,7-8H,5-6H2,1H3/t7-,8+/m1/s1. The lowest BCUT2D eigenvalue weighted by Crippen LogP contribution is -2.11. The number of benzene rings is 1. The molecule has 1 fully saturated rings. The van der Waals surface area contributed by atoms with Gasteiger partial charge in [0.1, 0.15) is 6.10 Å². The molecule has 0 bridgehead atoms. The summed E-state index contributed by atoms with van der Waals surface area (Å²) < 4.78 is 48.7. The highest BCUT2D eigenvalue weighted by Crippen LogP contribution is 2.38. The molecule has 0 amide bonds. The average molecular weight is 325 g/mol. The van der Waals surface area contributed by atoms with E-state index in [2.05, 4.69) is 15.9 Å². The molecule has 6 heteroatoms. The van der Waals surface area contributed by atoms with Gasteiger partial charge in [-0.25, -0.2) is 0 Å². The van der Waals surface area contributed by atoms with Crippen molar-refractivity contribution in [1.29, 1.82) is 0 Å². The van der Waals surface area contributed by atoms with E-state index in [1.807, 2.05) is 0 Å². The monoisotopic (exact) mass is 324 g/mol. The predicted molar refractivity (Wildman–Crippen MR) is 63.3 cm³/mol. The molecule has 0 saturated carbocycles. The summed E-state index contributed by atoms with van der Waals surface area (Å²) in [5.74, 6) is 0. The lowest BCUT2D eigenvalue weighted by atomic mass is 10.1. The number of epoxide rings is 1. The number of rotatable bonds is 4. The van der Waals surface area contributed by atoms with Crippen molar-refractivity contribution in [2.75, 3.05) is 13.2 Å². The van der Waals surface area contributed by atoms with Gasteiger partial charge in [0, 0.05) is 4.47 Å². The maximum absolute atomic E-state index is 12.7. The second-order valence-corrected chi connectivity index (χ2v) is 4.93. The third kappa shape index (κ3) is 3.24. The van der Waals surface area contributed by atoms with Crippen LogP contribution in [0.25, 0.3) is 0 Å². The van der Waals surface area contributed by atoms with Gasteiger partial charge in [0.15, 0.2) is 0 Å². The van der Waals surface area contributed by atoms with Crippen molar-refractivity contribution in [2.45, 2.75) is 25.3 Å². The van der Waals surface area contributed by atoms with Gasteiger partial charge in [0.2, 0.25) is 0 Å². The highest BCUT2D eigenvalue weighted by atomic mass is 79.9. The third-order valence-corrected chi connectivity index (χ3v) is 3.59. The average Bonchev–Trinajstić information content (AvgIpc) is 3.08. The van der Waals surface area contributed by atoms with E-state index in [-0.39, 0.29) is 10.6 Å². The van der Waals surface area contributed by atoms with Crippen LogP contribution >= 0.6 is 15.9 Å². The van der Waals surface area contributed by atoms with Crippen LogP contribution in [-0.4, -0.2) is 19.3 Å². The van der Waals surface area contributed by atoms with Gasteiger partial charge in [0.25, 0.3) is 0 Å². The van der Waals surface area contributed by atoms with E-state index >= 15 is 0 Å². The first-order valence-corrected chi connectivity index (χ1v) is 6.27. The lowest BCUT2D eigenvalue weighted by molar-refractivity contribution is -0.138. The summed E-state index contributed by atoms with van der Waals surface area (Å²) in [6.45, 7) is 2.79. The Bertz CT molecular complexity index is 430. The maximum atomic E-state index is 12.7. The van der Waals surface area contributed by atoms with Crippen LogP contribution in [0.1, 0.15) is 24.2 Å². The molecule has 0 aromatic heterocycles. The van der Waals surface area contributed by atoms with E-state index in [9.17, 15) is 13.2 Å². The molecule has 1 heterocycles. The Hall–Kier alpha value is -0.590. The van der Waals surface area contributed by atoms with Gasteiger partial charge in [0.05, 0.1) is 24.9 Å². The molecule has 2 rings (SSSR count). The Morgan fingerprint density at radius 1 is 1.50 bits per heavy atom. The van der Waals surface area contributed by atoms with Crippen molar-refractivity contribution >= 4 is 15.9 Å². The summed E-state index contributed by atoms with van der Waals surface area (Å²) >= 11 is 3.01. The largest absolute Gasteiger partial charge is 0.417 e. The van der Waals surface area contributed by atoms with E-state index in [1.165, 1.54) is 6.07 Å². The van der Waals surface area contributed by atoms with E-state index < -0.39 is 17.8 Å². The SMILES string of the molecule is C[C@@H](OC[C@H]1CO1)c1cccc(C(F)(F)F)c1Br. The summed E-state index contributed by atoms with van der Waals surface area (Å²) in [6.07, 6.45) is -4.68. The molecule has 0 N–H and O–H groups in total. The summed E-state index contributed by atoms with van der Waals surface area (Å²) in [7, 11) is 0. The minimum Gasteiger partial charge on any atom is -0.371 e. The van der Waals surface area contributed by atoms with Crippen LogP contribution in [0, 0.1) is 0 Å². The summed E-state index contributed by atoms with van der Waals surface area (Å²) in [4.78, 5) is 0. The van der Waals surface area contributed by atoms with E-state index in [1.54, 1.807) is 13.0 Å². The Balaban J connectivity index is 2.16. The molecule has 2 atom stereocenters. The molecule has 1 saturated heterocycles. The zero-order valence-electron chi connectivity index (χ0n) is 9.63. The molecule has 1 aromatic rings. The Kier molecular flexibility index (Phi) is 3.99. The minimum absolute atomic E-state index is 0.0433. The molecule has 0 radical (unpaired) electrons. The highest BCUT2D eigenvalue weighted by molar-refractivity contribution is 9.10. The fourth-order valence-electron chi connectivity index (χ4n) is 1.59. The quantitative estimate of drug-likeness (QED) is 0.782. The van der Waals surface area contributed by atoms with Crippen molar-refractivity contribution < 1.29 is 22.6 Å². The van der Waals surface area contributed by atoms with Gasteiger partial charge in [-0.2, -0.15) is 13.2 Å². The molecular formula is C12H12BrF3O2. The number of halogens is 4. The summed E-state index contributed by atoms with van der Waals surface area (Å²) in [5, 5.41) is 0. The zero-order chi connectivity index (χ0) is 13.3. The molecule has 0 unspecified atom stereocenters. The second kappa shape index (κ2) is 5.19. The smallest absolute Gasteiger partial charge is 0.371 e. The first kappa shape index (κ1) is 13.8. The molecule has 0 aliphatic carbocycles. The van der Waals surface area contributed by atoms with Gasteiger partial charge in [-0.3, -0.25) is 0 Å². The van der Waals surface area contributed by atoms with Gasteiger partial charge in [-0.15, -0.1) is 0 Å². The van der Waals surface area contributed by atoms with Gasteiger partial charge in [-0.1, -0.05) is 12.1 Å². The number of hydrogen-bond acceptors (Lipinski definition) is 2. The molecule has 100 valence electrons. The Labute approximate surface area is 111 Å².